The number of hydrogen-bond donors (Lipinski definition) is 0. The third-order valence-corrected chi connectivity index (χ3v) is 8.44. The Kier molecular flexibility index (Phi) is 5.94. The van der Waals surface area contributed by atoms with Gasteiger partial charge in [0.15, 0.2) is 18.3 Å². The molecule has 4 aromatic rings. The number of aldehydes is 1. The minimum Gasteiger partial charge on any atom is -0.453 e. The molecule has 4 heterocycles. The number of rotatable bonds is 4. The third-order valence-electron chi connectivity index (χ3n) is 8.44. The summed E-state index contributed by atoms with van der Waals surface area (Å²) >= 11 is 0. The lowest BCUT2D eigenvalue weighted by atomic mass is 9.81. The number of fused-ring (bicyclic) bond motifs is 4. The smallest absolute Gasteiger partial charge is 0.185 e. The van der Waals surface area contributed by atoms with Gasteiger partial charge in [0.2, 0.25) is 0 Å². The maximum Gasteiger partial charge on any atom is 0.185 e. The molecule has 37 heavy (non-hydrogen) atoms. The van der Waals surface area contributed by atoms with Crippen molar-refractivity contribution in [2.45, 2.75) is 57.6 Å². The Morgan fingerprint density at radius 3 is 2.70 bits per heavy atom. The number of hydrogen-bond acceptors (Lipinski definition) is 5. The Bertz CT molecular complexity index is 1500. The van der Waals surface area contributed by atoms with Crippen molar-refractivity contribution < 1.29 is 18.7 Å². The van der Waals surface area contributed by atoms with Gasteiger partial charge in [-0.3, -0.25) is 4.79 Å². The summed E-state index contributed by atoms with van der Waals surface area (Å²) in [7, 11) is 0. The van der Waals surface area contributed by atoms with Gasteiger partial charge in [0.1, 0.15) is 5.58 Å². The Morgan fingerprint density at radius 2 is 1.86 bits per heavy atom. The van der Waals surface area contributed by atoms with Gasteiger partial charge in [-0.25, -0.2) is 4.68 Å². The molecular formula is C31H32N2O4. The Morgan fingerprint density at radius 1 is 0.946 bits per heavy atom. The Hall–Kier alpha value is -3.22. The van der Waals surface area contributed by atoms with Gasteiger partial charge >= 0.3 is 0 Å². The van der Waals surface area contributed by atoms with Gasteiger partial charge in [0.25, 0.3) is 0 Å². The van der Waals surface area contributed by atoms with E-state index in [1.807, 2.05) is 6.07 Å². The average molecular weight is 497 g/mol. The van der Waals surface area contributed by atoms with Gasteiger partial charge in [-0.1, -0.05) is 23.8 Å². The van der Waals surface area contributed by atoms with Crippen LogP contribution in [-0.4, -0.2) is 35.9 Å². The van der Waals surface area contributed by atoms with E-state index in [1.54, 1.807) is 0 Å². The quantitative estimate of drug-likeness (QED) is 0.289. The van der Waals surface area contributed by atoms with Crippen LogP contribution in [0.25, 0.3) is 27.4 Å². The van der Waals surface area contributed by atoms with Crippen LogP contribution in [0.4, 0.5) is 0 Å². The standard InChI is InChI=1S/C31H32N2O4/c34-19-23-16-21-7-8-22(17-29(21)37-23)31-24(20-11-14-35-15-12-20)4-3-5-25-26(31)9-10-28-27(25)18-32-33(28)30-6-1-2-13-36-30/h7-10,16-20,30H,1-6,11-15H2. The van der Waals surface area contributed by atoms with Crippen LogP contribution in [0.3, 0.4) is 0 Å². The van der Waals surface area contributed by atoms with E-state index in [2.05, 4.69) is 41.2 Å². The van der Waals surface area contributed by atoms with Crippen LogP contribution in [-0.2, 0) is 15.9 Å². The van der Waals surface area contributed by atoms with Crippen molar-refractivity contribution in [1.82, 2.24) is 9.78 Å². The zero-order valence-corrected chi connectivity index (χ0v) is 21.1. The first-order valence-electron chi connectivity index (χ1n) is 13.7. The summed E-state index contributed by atoms with van der Waals surface area (Å²) in [4.78, 5) is 11.3. The fourth-order valence-electron chi connectivity index (χ4n) is 6.64. The molecule has 1 atom stereocenters. The van der Waals surface area contributed by atoms with E-state index < -0.39 is 0 Å². The summed E-state index contributed by atoms with van der Waals surface area (Å²) in [5.74, 6) is 0.882. The minimum atomic E-state index is 0.0243. The maximum atomic E-state index is 11.3. The van der Waals surface area contributed by atoms with E-state index in [0.717, 1.165) is 93.1 Å². The molecule has 1 aliphatic carbocycles. The fourth-order valence-corrected chi connectivity index (χ4v) is 6.64. The molecule has 1 unspecified atom stereocenters. The van der Waals surface area contributed by atoms with Crippen LogP contribution >= 0.6 is 0 Å². The molecule has 6 heteroatoms. The summed E-state index contributed by atoms with van der Waals surface area (Å²) in [5.41, 5.74) is 8.62. The maximum absolute atomic E-state index is 11.3. The van der Waals surface area contributed by atoms with Crippen molar-refractivity contribution in [3.8, 4) is 0 Å². The Balaban J connectivity index is 1.41. The molecule has 2 fully saturated rings. The van der Waals surface area contributed by atoms with Crippen LogP contribution in [0, 0.1) is 5.92 Å². The lowest BCUT2D eigenvalue weighted by Crippen LogP contribution is -2.19. The predicted molar refractivity (Wildman–Crippen MR) is 143 cm³/mol. The third kappa shape index (κ3) is 4.03. The molecule has 0 radical (unpaired) electrons. The second-order valence-corrected chi connectivity index (χ2v) is 10.6. The molecule has 2 aromatic heterocycles. The molecule has 0 saturated carbocycles. The van der Waals surface area contributed by atoms with Crippen molar-refractivity contribution in [2.75, 3.05) is 19.8 Å². The molecule has 0 amide bonds. The summed E-state index contributed by atoms with van der Waals surface area (Å²) < 4.78 is 19.8. The van der Waals surface area contributed by atoms with Crippen LogP contribution in [0.5, 0.6) is 0 Å². The van der Waals surface area contributed by atoms with Crippen molar-refractivity contribution in [3.05, 3.63) is 70.6 Å². The predicted octanol–water partition coefficient (Wildman–Crippen LogP) is 6.86. The van der Waals surface area contributed by atoms with Crippen LogP contribution in [0.1, 0.15) is 78.4 Å². The van der Waals surface area contributed by atoms with Crippen molar-refractivity contribution in [3.63, 3.8) is 0 Å². The van der Waals surface area contributed by atoms with E-state index in [-0.39, 0.29) is 6.23 Å². The fraction of sp³-hybridized carbons (Fsp3) is 0.419. The molecule has 0 spiro atoms. The zero-order chi connectivity index (χ0) is 24.8. The second-order valence-electron chi connectivity index (χ2n) is 10.6. The number of furan rings is 1. The number of aromatic nitrogens is 2. The van der Waals surface area contributed by atoms with Gasteiger partial charge in [-0.2, -0.15) is 5.10 Å². The number of carbonyl (C=O) groups excluding carboxylic acids is 1. The molecule has 3 aliphatic rings. The van der Waals surface area contributed by atoms with E-state index >= 15 is 0 Å². The van der Waals surface area contributed by atoms with Crippen molar-refractivity contribution in [1.29, 1.82) is 0 Å². The lowest BCUT2D eigenvalue weighted by Gasteiger charge is -2.27. The van der Waals surface area contributed by atoms with Gasteiger partial charge in [-0.05, 0) is 97.7 Å². The van der Waals surface area contributed by atoms with E-state index in [0.29, 0.717) is 11.7 Å². The molecular weight excluding hydrogens is 464 g/mol. The second kappa shape index (κ2) is 9.58. The van der Waals surface area contributed by atoms with Crippen molar-refractivity contribution in [2.24, 2.45) is 5.92 Å². The van der Waals surface area contributed by atoms with Crippen LogP contribution < -0.4 is 0 Å². The molecule has 2 saturated heterocycles. The molecule has 0 N–H and O–H groups in total. The average Bonchev–Trinajstić information content (AvgIpc) is 3.52. The zero-order valence-electron chi connectivity index (χ0n) is 21.1. The first-order chi connectivity index (χ1) is 18.3. The normalized spacial score (nSPS) is 21.4. The van der Waals surface area contributed by atoms with Crippen LogP contribution in [0.15, 0.2) is 52.6 Å². The molecule has 7 rings (SSSR count). The number of carbonyl (C=O) groups is 1. The monoisotopic (exact) mass is 496 g/mol. The number of benzene rings is 2. The Labute approximate surface area is 216 Å². The molecule has 2 aliphatic heterocycles. The molecule has 190 valence electrons. The first-order valence-corrected chi connectivity index (χ1v) is 13.7. The minimum absolute atomic E-state index is 0.0243. The van der Waals surface area contributed by atoms with Crippen molar-refractivity contribution >= 4 is 33.7 Å². The number of aryl methyl sites for hydroxylation is 1. The topological polar surface area (TPSA) is 66.5 Å². The number of allylic oxidation sites excluding steroid dienone is 1. The van der Waals surface area contributed by atoms with Gasteiger partial charge < -0.3 is 13.9 Å². The molecule has 0 bridgehead atoms. The summed E-state index contributed by atoms with van der Waals surface area (Å²) in [6, 6.07) is 12.8. The van der Waals surface area contributed by atoms with E-state index in [1.165, 1.54) is 34.1 Å². The highest BCUT2D eigenvalue weighted by atomic mass is 16.5. The lowest BCUT2D eigenvalue weighted by molar-refractivity contribution is -0.0366. The molecule has 6 nitrogen and oxygen atoms in total. The van der Waals surface area contributed by atoms with Gasteiger partial charge in [-0.15, -0.1) is 0 Å². The summed E-state index contributed by atoms with van der Waals surface area (Å²) in [5, 5.41) is 7.02. The van der Waals surface area contributed by atoms with Gasteiger partial charge in [0.05, 0.1) is 11.7 Å². The highest BCUT2D eigenvalue weighted by Crippen LogP contribution is 2.43. The molecule has 2 aromatic carbocycles. The number of ether oxygens (including phenoxy) is 2. The number of nitrogens with zero attached hydrogens (tertiary/aromatic N) is 2. The van der Waals surface area contributed by atoms with Gasteiger partial charge in [0, 0.05) is 30.6 Å². The summed E-state index contributed by atoms with van der Waals surface area (Å²) in [6.07, 6.45) is 11.5. The first kappa shape index (κ1) is 22.9. The van der Waals surface area contributed by atoms with Crippen LogP contribution in [0.2, 0.25) is 0 Å². The summed E-state index contributed by atoms with van der Waals surface area (Å²) in [6.45, 7) is 2.45. The highest BCUT2D eigenvalue weighted by Gasteiger charge is 2.28. The largest absolute Gasteiger partial charge is 0.453 e. The SMILES string of the molecule is O=Cc1cc2ccc(C3=C(C4CCOCC4)CCCc4c3ccc3c4cnn3C3CCCCO3)cc2o1. The van der Waals surface area contributed by atoms with E-state index in [4.69, 9.17) is 19.0 Å². The highest BCUT2D eigenvalue weighted by molar-refractivity contribution is 5.95. The van der Waals surface area contributed by atoms with E-state index in [9.17, 15) is 4.79 Å².